The summed E-state index contributed by atoms with van der Waals surface area (Å²) in [5.41, 5.74) is 2.70. The number of benzene rings is 1. The molecule has 0 amide bonds. The minimum absolute atomic E-state index is 0.774. The highest BCUT2D eigenvalue weighted by atomic mass is 15.1. The largest absolute Gasteiger partial charge is 0.310 e. The van der Waals surface area contributed by atoms with Crippen LogP contribution in [0.4, 0.5) is 0 Å². The third-order valence-electron chi connectivity index (χ3n) is 3.34. The minimum Gasteiger partial charge on any atom is -0.310 e. The van der Waals surface area contributed by atoms with Gasteiger partial charge in [-0.15, -0.1) is 0 Å². The molecule has 0 aliphatic heterocycles. The van der Waals surface area contributed by atoms with Crippen LogP contribution >= 0.6 is 0 Å². The Kier molecular flexibility index (Phi) is 4.97. The van der Waals surface area contributed by atoms with Crippen molar-refractivity contribution in [3.05, 3.63) is 48.0 Å². The standard InChI is InChI=1S/C16H24N2/c1-14(12-17-16-8-9-16)13-18(2)11-10-15-6-4-3-5-7-15/h3-7,16-17H,1,8-13H2,2H3. The second-order valence-corrected chi connectivity index (χ2v) is 5.38. The van der Waals surface area contributed by atoms with Gasteiger partial charge in [-0.05, 0) is 37.4 Å². The van der Waals surface area contributed by atoms with E-state index in [9.17, 15) is 0 Å². The first-order valence-electron chi connectivity index (χ1n) is 6.86. The molecular formula is C16H24N2. The van der Waals surface area contributed by atoms with Crippen LogP contribution in [0.25, 0.3) is 0 Å². The number of nitrogens with one attached hydrogen (secondary N) is 1. The van der Waals surface area contributed by atoms with Gasteiger partial charge in [0.2, 0.25) is 0 Å². The molecule has 1 fully saturated rings. The van der Waals surface area contributed by atoms with Gasteiger partial charge in [0.05, 0.1) is 0 Å². The van der Waals surface area contributed by atoms with E-state index in [1.165, 1.54) is 24.0 Å². The van der Waals surface area contributed by atoms with Crippen LogP contribution in [-0.2, 0) is 6.42 Å². The summed E-state index contributed by atoms with van der Waals surface area (Å²) < 4.78 is 0. The molecule has 1 aliphatic rings. The summed E-state index contributed by atoms with van der Waals surface area (Å²) >= 11 is 0. The highest BCUT2D eigenvalue weighted by Crippen LogP contribution is 2.18. The fraction of sp³-hybridized carbons (Fsp3) is 0.500. The molecule has 98 valence electrons. The van der Waals surface area contributed by atoms with Crippen molar-refractivity contribution >= 4 is 0 Å². The van der Waals surface area contributed by atoms with Gasteiger partial charge in [0.25, 0.3) is 0 Å². The normalized spacial score (nSPS) is 15.0. The van der Waals surface area contributed by atoms with E-state index in [0.29, 0.717) is 0 Å². The number of likely N-dealkylation sites (N-methyl/N-ethyl adjacent to an activating group) is 1. The second kappa shape index (κ2) is 6.72. The van der Waals surface area contributed by atoms with Crippen LogP contribution in [0.3, 0.4) is 0 Å². The number of hydrogen-bond donors (Lipinski definition) is 1. The van der Waals surface area contributed by atoms with E-state index in [0.717, 1.165) is 32.1 Å². The zero-order valence-corrected chi connectivity index (χ0v) is 11.4. The lowest BCUT2D eigenvalue weighted by Gasteiger charge is -2.18. The predicted octanol–water partition coefficient (Wildman–Crippen LogP) is 2.47. The third kappa shape index (κ3) is 5.03. The van der Waals surface area contributed by atoms with Crippen LogP contribution in [0, 0.1) is 0 Å². The molecule has 1 aromatic carbocycles. The molecule has 1 N–H and O–H groups in total. The predicted molar refractivity (Wildman–Crippen MR) is 77.8 cm³/mol. The third-order valence-corrected chi connectivity index (χ3v) is 3.34. The average Bonchev–Trinajstić information content (AvgIpc) is 3.19. The molecule has 0 spiro atoms. The van der Waals surface area contributed by atoms with Gasteiger partial charge in [-0.3, -0.25) is 0 Å². The lowest BCUT2D eigenvalue weighted by Crippen LogP contribution is -2.28. The van der Waals surface area contributed by atoms with Gasteiger partial charge >= 0.3 is 0 Å². The van der Waals surface area contributed by atoms with Gasteiger partial charge in [0.15, 0.2) is 0 Å². The summed E-state index contributed by atoms with van der Waals surface area (Å²) in [7, 11) is 2.17. The fourth-order valence-electron chi connectivity index (χ4n) is 2.06. The molecule has 1 aromatic rings. The van der Waals surface area contributed by atoms with Gasteiger partial charge in [-0.25, -0.2) is 0 Å². The second-order valence-electron chi connectivity index (χ2n) is 5.38. The Labute approximate surface area is 111 Å². The topological polar surface area (TPSA) is 15.3 Å². The molecule has 18 heavy (non-hydrogen) atoms. The smallest absolute Gasteiger partial charge is 0.0199 e. The first-order valence-corrected chi connectivity index (χ1v) is 6.86. The molecule has 1 saturated carbocycles. The lowest BCUT2D eigenvalue weighted by atomic mass is 10.1. The van der Waals surface area contributed by atoms with Crippen LogP contribution < -0.4 is 5.32 Å². The Hall–Kier alpha value is -1.12. The molecule has 0 atom stereocenters. The van der Waals surface area contributed by atoms with Crippen LogP contribution in [0.15, 0.2) is 42.5 Å². The molecule has 0 bridgehead atoms. The van der Waals surface area contributed by atoms with Crippen LogP contribution in [0.1, 0.15) is 18.4 Å². The maximum Gasteiger partial charge on any atom is 0.0199 e. The summed E-state index contributed by atoms with van der Waals surface area (Å²) in [5.74, 6) is 0. The molecule has 0 aromatic heterocycles. The number of hydrogen-bond acceptors (Lipinski definition) is 2. The summed E-state index contributed by atoms with van der Waals surface area (Å²) in [6.07, 6.45) is 3.80. The van der Waals surface area contributed by atoms with Gasteiger partial charge in [0.1, 0.15) is 0 Å². The molecule has 2 rings (SSSR count). The highest BCUT2D eigenvalue weighted by Gasteiger charge is 2.20. The fourth-order valence-corrected chi connectivity index (χ4v) is 2.06. The van der Waals surface area contributed by atoms with Crippen molar-refractivity contribution in [3.8, 4) is 0 Å². The Morgan fingerprint density at radius 2 is 2.06 bits per heavy atom. The van der Waals surface area contributed by atoms with Crippen molar-refractivity contribution in [2.24, 2.45) is 0 Å². The molecule has 0 unspecified atom stereocenters. The first-order chi connectivity index (χ1) is 8.74. The average molecular weight is 244 g/mol. The van der Waals surface area contributed by atoms with Gasteiger partial charge in [-0.2, -0.15) is 0 Å². The maximum atomic E-state index is 4.15. The van der Waals surface area contributed by atoms with Gasteiger partial charge in [-0.1, -0.05) is 36.9 Å². The van der Waals surface area contributed by atoms with E-state index in [1.807, 2.05) is 0 Å². The number of nitrogens with zero attached hydrogens (tertiary/aromatic N) is 1. The van der Waals surface area contributed by atoms with Crippen LogP contribution in [0.2, 0.25) is 0 Å². The van der Waals surface area contributed by atoms with E-state index in [4.69, 9.17) is 0 Å². The van der Waals surface area contributed by atoms with E-state index < -0.39 is 0 Å². The highest BCUT2D eigenvalue weighted by molar-refractivity contribution is 5.15. The number of rotatable bonds is 8. The van der Waals surface area contributed by atoms with Crippen molar-refractivity contribution in [1.82, 2.24) is 10.2 Å². The molecule has 0 saturated heterocycles. The Bertz CT molecular complexity index is 368. The van der Waals surface area contributed by atoms with Crippen molar-refractivity contribution in [3.63, 3.8) is 0 Å². The molecule has 2 nitrogen and oxygen atoms in total. The van der Waals surface area contributed by atoms with Crippen molar-refractivity contribution in [1.29, 1.82) is 0 Å². The Morgan fingerprint density at radius 3 is 2.72 bits per heavy atom. The summed E-state index contributed by atoms with van der Waals surface area (Å²) in [4.78, 5) is 2.35. The molecule has 0 radical (unpaired) electrons. The Morgan fingerprint density at radius 1 is 1.33 bits per heavy atom. The van der Waals surface area contributed by atoms with Crippen LogP contribution in [0.5, 0.6) is 0 Å². The van der Waals surface area contributed by atoms with E-state index in [2.05, 4.69) is 54.2 Å². The zero-order chi connectivity index (χ0) is 12.8. The summed E-state index contributed by atoms with van der Waals surface area (Å²) in [6, 6.07) is 11.4. The van der Waals surface area contributed by atoms with Crippen LogP contribution in [-0.4, -0.2) is 37.6 Å². The zero-order valence-electron chi connectivity index (χ0n) is 11.4. The summed E-state index contributed by atoms with van der Waals surface area (Å²) in [6.45, 7) is 7.20. The quantitative estimate of drug-likeness (QED) is 0.707. The van der Waals surface area contributed by atoms with E-state index in [1.54, 1.807) is 0 Å². The molecule has 2 heteroatoms. The van der Waals surface area contributed by atoms with Gasteiger partial charge < -0.3 is 10.2 Å². The first kappa shape index (κ1) is 13.3. The van der Waals surface area contributed by atoms with E-state index in [-0.39, 0.29) is 0 Å². The van der Waals surface area contributed by atoms with Crippen molar-refractivity contribution in [2.75, 3.05) is 26.7 Å². The lowest BCUT2D eigenvalue weighted by molar-refractivity contribution is 0.363. The van der Waals surface area contributed by atoms with Crippen molar-refractivity contribution in [2.45, 2.75) is 25.3 Å². The minimum atomic E-state index is 0.774. The molecule has 1 aliphatic carbocycles. The van der Waals surface area contributed by atoms with Gasteiger partial charge in [0, 0.05) is 25.7 Å². The SMILES string of the molecule is C=C(CNC1CC1)CN(C)CCc1ccccc1. The van der Waals surface area contributed by atoms with E-state index >= 15 is 0 Å². The molecular weight excluding hydrogens is 220 g/mol. The monoisotopic (exact) mass is 244 g/mol. The van der Waals surface area contributed by atoms with Crippen molar-refractivity contribution < 1.29 is 0 Å². The molecule has 0 heterocycles. The Balaban J connectivity index is 1.61. The summed E-state index contributed by atoms with van der Waals surface area (Å²) in [5, 5.41) is 3.51. The maximum absolute atomic E-state index is 4.15.